The quantitative estimate of drug-likeness (QED) is 0.422. The molecule has 2 aliphatic rings. The fourth-order valence-corrected chi connectivity index (χ4v) is 3.59. The van der Waals surface area contributed by atoms with Crippen LogP contribution in [0.15, 0.2) is 17.1 Å². The molecule has 0 spiro atoms. The molecule has 3 rings (SSSR count). The predicted molar refractivity (Wildman–Crippen MR) is 100 cm³/mol. The second-order valence-electron chi connectivity index (χ2n) is 7.15. The van der Waals surface area contributed by atoms with Crippen molar-refractivity contribution in [3.63, 3.8) is 0 Å². The number of hydrogen-bond donors (Lipinski definition) is 2. The maximum Gasteiger partial charge on any atom is 0.401 e. The Balaban J connectivity index is 1.57. The van der Waals surface area contributed by atoms with E-state index in [1.807, 2.05) is 6.92 Å². The average molecular weight is 418 g/mol. The van der Waals surface area contributed by atoms with E-state index < -0.39 is 12.7 Å². The second kappa shape index (κ2) is 9.62. The maximum absolute atomic E-state index is 13.8. The van der Waals surface area contributed by atoms with Crippen molar-refractivity contribution >= 4 is 5.96 Å². The molecule has 0 radical (unpaired) electrons. The molecular formula is C19H26F4N4O2. The minimum absolute atomic E-state index is 0.0995. The molecule has 29 heavy (non-hydrogen) atoms. The van der Waals surface area contributed by atoms with E-state index in [2.05, 4.69) is 15.6 Å². The van der Waals surface area contributed by atoms with Gasteiger partial charge >= 0.3 is 6.18 Å². The van der Waals surface area contributed by atoms with Gasteiger partial charge in [-0.3, -0.25) is 9.89 Å². The molecular weight excluding hydrogens is 392 g/mol. The lowest BCUT2D eigenvalue weighted by molar-refractivity contribution is -0.143. The van der Waals surface area contributed by atoms with Crippen LogP contribution < -0.4 is 15.4 Å². The van der Waals surface area contributed by atoms with Crippen molar-refractivity contribution in [3.8, 4) is 5.75 Å². The van der Waals surface area contributed by atoms with Crippen LogP contribution in [0.4, 0.5) is 17.6 Å². The molecule has 2 N–H and O–H groups in total. The third kappa shape index (κ3) is 6.46. The Hall–Kier alpha value is -2.07. The first-order valence-corrected chi connectivity index (χ1v) is 9.70. The molecule has 6 nitrogen and oxygen atoms in total. The number of likely N-dealkylation sites (tertiary alicyclic amines) is 1. The predicted octanol–water partition coefficient (Wildman–Crippen LogP) is 2.43. The molecule has 0 bridgehead atoms. The summed E-state index contributed by atoms with van der Waals surface area (Å²) in [7, 11) is 0. The van der Waals surface area contributed by atoms with Gasteiger partial charge in [0.15, 0.2) is 12.8 Å². The second-order valence-corrected chi connectivity index (χ2v) is 7.15. The van der Waals surface area contributed by atoms with E-state index in [9.17, 15) is 17.6 Å². The number of aliphatic imine (C=N–C) groups is 1. The standard InChI is InChI=1S/C19H26F4N4O2/c1-2-24-18(26-16-4-6-27(9-16)11-19(21,22)23)25-5-3-13-7-15(20)8-14-10-28-12-29-17(13)14/h7-8,16H,2-6,9-12H2,1H3,(H2,24,25,26). The zero-order chi connectivity index (χ0) is 20.9. The van der Waals surface area contributed by atoms with E-state index in [4.69, 9.17) is 9.47 Å². The van der Waals surface area contributed by atoms with E-state index in [-0.39, 0.29) is 18.7 Å². The van der Waals surface area contributed by atoms with Gasteiger partial charge in [0.1, 0.15) is 11.6 Å². The Morgan fingerprint density at radius 3 is 2.93 bits per heavy atom. The smallest absolute Gasteiger partial charge is 0.401 e. The molecule has 1 aromatic rings. The number of benzene rings is 1. The summed E-state index contributed by atoms with van der Waals surface area (Å²) in [5, 5.41) is 6.30. The van der Waals surface area contributed by atoms with Crippen molar-refractivity contribution in [3.05, 3.63) is 29.1 Å². The van der Waals surface area contributed by atoms with Crippen LogP contribution in [0.25, 0.3) is 0 Å². The van der Waals surface area contributed by atoms with E-state index in [0.29, 0.717) is 62.9 Å². The van der Waals surface area contributed by atoms with E-state index >= 15 is 0 Å². The molecule has 2 heterocycles. The van der Waals surface area contributed by atoms with Gasteiger partial charge in [-0.2, -0.15) is 13.2 Å². The Bertz CT molecular complexity index is 727. The van der Waals surface area contributed by atoms with Crippen LogP contribution in [0, 0.1) is 5.82 Å². The summed E-state index contributed by atoms with van der Waals surface area (Å²) in [4.78, 5) is 5.88. The summed E-state index contributed by atoms with van der Waals surface area (Å²) in [5.41, 5.74) is 1.40. The first-order valence-electron chi connectivity index (χ1n) is 9.70. The number of halogens is 4. The van der Waals surface area contributed by atoms with Gasteiger partial charge in [0, 0.05) is 37.8 Å². The first kappa shape index (κ1) is 21.6. The molecule has 1 saturated heterocycles. The molecule has 1 fully saturated rings. The molecule has 0 aromatic heterocycles. The monoisotopic (exact) mass is 418 g/mol. The number of nitrogens with zero attached hydrogens (tertiary/aromatic N) is 2. The molecule has 0 aliphatic carbocycles. The Kier molecular flexibility index (Phi) is 7.18. The van der Waals surface area contributed by atoms with Crippen LogP contribution in [0.3, 0.4) is 0 Å². The summed E-state index contributed by atoms with van der Waals surface area (Å²) in [6.07, 6.45) is -3.10. The Morgan fingerprint density at radius 1 is 1.34 bits per heavy atom. The van der Waals surface area contributed by atoms with Crippen LogP contribution in [0.5, 0.6) is 5.75 Å². The lowest BCUT2D eigenvalue weighted by Gasteiger charge is -2.21. The van der Waals surface area contributed by atoms with E-state index in [1.165, 1.54) is 17.0 Å². The summed E-state index contributed by atoms with van der Waals surface area (Å²) < 4.78 is 62.2. The molecule has 0 amide bonds. The highest BCUT2D eigenvalue weighted by Gasteiger charge is 2.34. The molecule has 1 unspecified atom stereocenters. The zero-order valence-electron chi connectivity index (χ0n) is 16.3. The number of alkyl halides is 3. The van der Waals surface area contributed by atoms with Gasteiger partial charge in [-0.15, -0.1) is 0 Å². The van der Waals surface area contributed by atoms with Crippen LogP contribution in [-0.4, -0.2) is 62.6 Å². The van der Waals surface area contributed by atoms with Crippen molar-refractivity contribution in [1.82, 2.24) is 15.5 Å². The highest BCUT2D eigenvalue weighted by atomic mass is 19.4. The van der Waals surface area contributed by atoms with Crippen molar-refractivity contribution in [2.24, 2.45) is 4.99 Å². The SMILES string of the molecule is CCNC(=NCCc1cc(F)cc2c1OCOC2)NC1CCN(CC(F)(F)F)C1. The highest BCUT2D eigenvalue weighted by molar-refractivity contribution is 5.80. The lowest BCUT2D eigenvalue weighted by Crippen LogP contribution is -2.45. The number of ether oxygens (including phenoxy) is 2. The topological polar surface area (TPSA) is 58.1 Å². The van der Waals surface area contributed by atoms with Gasteiger partial charge in [0.2, 0.25) is 0 Å². The number of guanidine groups is 1. The van der Waals surface area contributed by atoms with Gasteiger partial charge in [-0.05, 0) is 37.5 Å². The molecule has 1 atom stereocenters. The summed E-state index contributed by atoms with van der Waals surface area (Å²) in [6, 6.07) is 2.74. The molecule has 0 saturated carbocycles. The number of fused-ring (bicyclic) bond motifs is 1. The molecule has 162 valence electrons. The highest BCUT2D eigenvalue weighted by Crippen LogP contribution is 2.29. The number of hydrogen-bond acceptors (Lipinski definition) is 4. The number of rotatable bonds is 6. The fourth-order valence-electron chi connectivity index (χ4n) is 3.59. The molecule has 10 heteroatoms. The fraction of sp³-hybridized carbons (Fsp3) is 0.632. The normalized spacial score (nSPS) is 20.3. The Labute approximate surface area is 167 Å². The van der Waals surface area contributed by atoms with Gasteiger partial charge in [-0.25, -0.2) is 4.39 Å². The number of nitrogens with one attached hydrogen (secondary N) is 2. The van der Waals surface area contributed by atoms with Crippen molar-refractivity contribution < 1.29 is 27.0 Å². The van der Waals surface area contributed by atoms with Crippen LogP contribution in [-0.2, 0) is 17.8 Å². The Morgan fingerprint density at radius 2 is 2.17 bits per heavy atom. The molecule has 1 aromatic carbocycles. The van der Waals surface area contributed by atoms with Crippen molar-refractivity contribution in [2.75, 3.05) is 39.5 Å². The largest absolute Gasteiger partial charge is 0.467 e. The minimum Gasteiger partial charge on any atom is -0.467 e. The summed E-state index contributed by atoms with van der Waals surface area (Å²) in [6.45, 7) is 3.18. The average Bonchev–Trinajstić information content (AvgIpc) is 3.06. The third-order valence-corrected chi connectivity index (χ3v) is 4.76. The van der Waals surface area contributed by atoms with Gasteiger partial charge in [0.05, 0.1) is 13.2 Å². The van der Waals surface area contributed by atoms with E-state index in [1.54, 1.807) is 0 Å². The van der Waals surface area contributed by atoms with Gasteiger partial charge < -0.3 is 20.1 Å². The van der Waals surface area contributed by atoms with E-state index in [0.717, 1.165) is 5.56 Å². The van der Waals surface area contributed by atoms with Crippen molar-refractivity contribution in [1.29, 1.82) is 0 Å². The molecule has 2 aliphatic heterocycles. The van der Waals surface area contributed by atoms with Gasteiger partial charge in [-0.1, -0.05) is 0 Å². The summed E-state index contributed by atoms with van der Waals surface area (Å²) >= 11 is 0. The maximum atomic E-state index is 13.8. The lowest BCUT2D eigenvalue weighted by atomic mass is 10.1. The zero-order valence-corrected chi connectivity index (χ0v) is 16.3. The van der Waals surface area contributed by atoms with Crippen LogP contribution in [0.1, 0.15) is 24.5 Å². The minimum atomic E-state index is -4.19. The van der Waals surface area contributed by atoms with Gasteiger partial charge in [0.25, 0.3) is 0 Å². The van der Waals surface area contributed by atoms with Crippen molar-refractivity contribution in [2.45, 2.75) is 38.6 Å². The third-order valence-electron chi connectivity index (χ3n) is 4.76. The van der Waals surface area contributed by atoms with Crippen LogP contribution in [0.2, 0.25) is 0 Å². The first-order chi connectivity index (χ1) is 13.8. The van der Waals surface area contributed by atoms with Crippen LogP contribution >= 0.6 is 0 Å². The summed E-state index contributed by atoms with van der Waals surface area (Å²) in [5.74, 6) is 0.836.